The van der Waals surface area contributed by atoms with Crippen molar-refractivity contribution < 1.29 is 8.42 Å². The van der Waals surface area contributed by atoms with Gasteiger partial charge in [0, 0.05) is 8.07 Å². The van der Waals surface area contributed by atoms with Crippen molar-refractivity contribution in [2.24, 2.45) is 0 Å². The summed E-state index contributed by atoms with van der Waals surface area (Å²) in [7, 11) is -4.08. The van der Waals surface area contributed by atoms with Crippen LogP contribution in [0.4, 0.5) is 0 Å². The Morgan fingerprint density at radius 3 is 2.06 bits per heavy atom. The van der Waals surface area contributed by atoms with E-state index in [2.05, 4.69) is 19.6 Å². The highest BCUT2D eigenvalue weighted by Crippen LogP contribution is 2.17. The van der Waals surface area contributed by atoms with Gasteiger partial charge in [0.2, 0.25) is 0 Å². The van der Waals surface area contributed by atoms with E-state index in [1.807, 2.05) is 19.1 Å². The summed E-state index contributed by atoms with van der Waals surface area (Å²) in [6.07, 6.45) is 1.73. The van der Waals surface area contributed by atoms with E-state index >= 15 is 0 Å². The quantitative estimate of drug-likeness (QED) is 0.746. The van der Waals surface area contributed by atoms with Crippen LogP contribution in [-0.4, -0.2) is 22.2 Å². The van der Waals surface area contributed by atoms with Crippen molar-refractivity contribution in [3.05, 3.63) is 29.8 Å². The molecule has 1 aromatic rings. The summed E-state index contributed by atoms with van der Waals surface area (Å²) in [5.74, 6) is 0.237. The normalized spacial score (nSPS) is 12.7. The molecule has 4 heteroatoms. The maximum Gasteiger partial charge on any atom is 0.178 e. The Hall–Kier alpha value is -0.613. The molecule has 0 amide bonds. The first-order valence-electron chi connectivity index (χ1n) is 6.56. The molecule has 0 saturated carbocycles. The SMILES string of the molecule is CCCS(=O)(=O)c1ccc(CC[Si](C)(C)C)cc1. The number of hydrogen-bond acceptors (Lipinski definition) is 2. The molecule has 0 saturated heterocycles. The van der Waals surface area contributed by atoms with Gasteiger partial charge in [0.25, 0.3) is 0 Å². The summed E-state index contributed by atoms with van der Waals surface area (Å²) < 4.78 is 23.7. The fourth-order valence-corrected chi connectivity index (χ4v) is 4.13. The average Bonchev–Trinajstić information content (AvgIpc) is 2.26. The number of hydrogen-bond donors (Lipinski definition) is 0. The van der Waals surface area contributed by atoms with E-state index < -0.39 is 17.9 Å². The first-order valence-corrected chi connectivity index (χ1v) is 11.9. The number of sulfone groups is 1. The zero-order valence-corrected chi connectivity index (χ0v) is 13.7. The van der Waals surface area contributed by atoms with Gasteiger partial charge in [-0.15, -0.1) is 0 Å². The maximum atomic E-state index is 11.9. The van der Waals surface area contributed by atoms with Crippen molar-refractivity contribution in [2.45, 2.75) is 50.3 Å². The smallest absolute Gasteiger partial charge is 0.178 e. The minimum Gasteiger partial charge on any atom is -0.224 e. The fraction of sp³-hybridized carbons (Fsp3) is 0.571. The minimum absolute atomic E-state index is 0.237. The van der Waals surface area contributed by atoms with Gasteiger partial charge in [0.1, 0.15) is 0 Å². The van der Waals surface area contributed by atoms with Crippen LogP contribution in [0.25, 0.3) is 0 Å². The molecule has 0 aliphatic heterocycles. The molecule has 0 unspecified atom stereocenters. The monoisotopic (exact) mass is 284 g/mol. The van der Waals surface area contributed by atoms with Gasteiger partial charge in [-0.1, -0.05) is 44.7 Å². The summed E-state index contributed by atoms with van der Waals surface area (Å²) >= 11 is 0. The van der Waals surface area contributed by atoms with Crippen molar-refractivity contribution in [2.75, 3.05) is 5.75 Å². The van der Waals surface area contributed by atoms with Gasteiger partial charge in [-0.2, -0.15) is 0 Å². The standard InChI is InChI=1S/C14H24O2SSi/c1-5-11-17(15,16)14-8-6-13(7-9-14)10-12-18(2,3)4/h6-9H,5,10-12H2,1-4H3. The third-order valence-electron chi connectivity index (χ3n) is 2.92. The van der Waals surface area contributed by atoms with Crippen molar-refractivity contribution in [3.8, 4) is 0 Å². The Morgan fingerprint density at radius 2 is 1.61 bits per heavy atom. The molecule has 0 aliphatic rings. The Balaban J connectivity index is 2.75. The summed E-state index contributed by atoms with van der Waals surface area (Å²) in [6, 6.07) is 8.68. The molecule has 0 aliphatic carbocycles. The summed E-state index contributed by atoms with van der Waals surface area (Å²) in [6.45, 7) is 8.95. The van der Waals surface area contributed by atoms with Crippen molar-refractivity contribution in [3.63, 3.8) is 0 Å². The lowest BCUT2D eigenvalue weighted by atomic mass is 10.2. The lowest BCUT2D eigenvalue weighted by Crippen LogP contribution is -2.19. The van der Waals surface area contributed by atoms with Crippen molar-refractivity contribution in [1.82, 2.24) is 0 Å². The third-order valence-corrected chi connectivity index (χ3v) is 6.61. The van der Waals surface area contributed by atoms with Crippen LogP contribution in [0, 0.1) is 0 Å². The Bertz CT molecular complexity index is 470. The molecular weight excluding hydrogens is 260 g/mol. The van der Waals surface area contributed by atoms with E-state index in [9.17, 15) is 8.42 Å². The van der Waals surface area contributed by atoms with Crippen LogP contribution in [0.2, 0.25) is 25.7 Å². The second-order valence-electron chi connectivity index (χ2n) is 6.02. The predicted molar refractivity (Wildman–Crippen MR) is 80.6 cm³/mol. The minimum atomic E-state index is -3.06. The molecule has 1 aromatic carbocycles. The molecule has 0 bridgehead atoms. The van der Waals surface area contributed by atoms with Crippen molar-refractivity contribution in [1.29, 1.82) is 0 Å². The van der Waals surface area contributed by atoms with E-state index in [4.69, 9.17) is 0 Å². The van der Waals surface area contributed by atoms with Crippen LogP contribution >= 0.6 is 0 Å². The highest BCUT2D eigenvalue weighted by molar-refractivity contribution is 7.91. The van der Waals surface area contributed by atoms with Crippen LogP contribution in [0.5, 0.6) is 0 Å². The maximum absolute atomic E-state index is 11.9. The lowest BCUT2D eigenvalue weighted by Gasteiger charge is -2.15. The lowest BCUT2D eigenvalue weighted by molar-refractivity contribution is 0.594. The number of rotatable bonds is 6. The van der Waals surface area contributed by atoms with E-state index in [1.54, 1.807) is 12.1 Å². The zero-order valence-electron chi connectivity index (χ0n) is 11.9. The number of aryl methyl sites for hydroxylation is 1. The van der Waals surface area contributed by atoms with Gasteiger partial charge in [-0.25, -0.2) is 8.42 Å². The summed E-state index contributed by atoms with van der Waals surface area (Å²) in [5, 5.41) is 0. The predicted octanol–water partition coefficient (Wildman–Crippen LogP) is 3.75. The first-order chi connectivity index (χ1) is 8.24. The van der Waals surface area contributed by atoms with Gasteiger partial charge in [-0.3, -0.25) is 0 Å². The molecule has 1 rings (SSSR count). The van der Waals surface area contributed by atoms with Crippen LogP contribution < -0.4 is 0 Å². The largest absolute Gasteiger partial charge is 0.224 e. The Morgan fingerprint density at radius 1 is 1.06 bits per heavy atom. The molecule has 0 fully saturated rings. The zero-order chi connectivity index (χ0) is 13.8. The van der Waals surface area contributed by atoms with Gasteiger partial charge in [0.05, 0.1) is 10.6 Å². The third kappa shape index (κ3) is 4.94. The molecule has 0 spiro atoms. The van der Waals surface area contributed by atoms with Crippen LogP contribution in [0.15, 0.2) is 29.2 Å². The first kappa shape index (κ1) is 15.4. The molecule has 0 atom stereocenters. The molecule has 2 nitrogen and oxygen atoms in total. The second kappa shape index (κ2) is 6.02. The molecule has 0 aromatic heterocycles. The highest BCUT2D eigenvalue weighted by atomic mass is 32.2. The van der Waals surface area contributed by atoms with E-state index in [-0.39, 0.29) is 5.75 Å². The highest BCUT2D eigenvalue weighted by Gasteiger charge is 2.14. The van der Waals surface area contributed by atoms with Crippen LogP contribution in [-0.2, 0) is 16.3 Å². The van der Waals surface area contributed by atoms with E-state index in [0.29, 0.717) is 11.3 Å². The molecule has 102 valence electrons. The average molecular weight is 284 g/mol. The Labute approximate surface area is 112 Å². The summed E-state index contributed by atoms with van der Waals surface area (Å²) in [5.41, 5.74) is 1.24. The fourth-order valence-electron chi connectivity index (χ4n) is 1.77. The van der Waals surface area contributed by atoms with Crippen LogP contribution in [0.3, 0.4) is 0 Å². The van der Waals surface area contributed by atoms with E-state index in [0.717, 1.165) is 6.42 Å². The van der Waals surface area contributed by atoms with Gasteiger partial charge in [0.15, 0.2) is 9.84 Å². The second-order valence-corrected chi connectivity index (χ2v) is 13.8. The molecule has 0 heterocycles. The van der Waals surface area contributed by atoms with Crippen LogP contribution in [0.1, 0.15) is 18.9 Å². The molecule has 18 heavy (non-hydrogen) atoms. The van der Waals surface area contributed by atoms with Gasteiger partial charge < -0.3 is 0 Å². The molecule has 0 N–H and O–H groups in total. The topological polar surface area (TPSA) is 34.1 Å². The van der Waals surface area contributed by atoms with E-state index in [1.165, 1.54) is 11.6 Å². The van der Waals surface area contributed by atoms with Crippen molar-refractivity contribution >= 4 is 17.9 Å². The molecule has 0 radical (unpaired) electrons. The van der Waals surface area contributed by atoms with Gasteiger partial charge in [-0.05, 0) is 30.5 Å². The Kier molecular flexibility index (Phi) is 5.17. The van der Waals surface area contributed by atoms with Gasteiger partial charge >= 0.3 is 0 Å². The number of benzene rings is 1. The molecular formula is C14H24O2SSi. The summed E-state index contributed by atoms with van der Waals surface area (Å²) in [4.78, 5) is 0.459.